The Balaban J connectivity index is 2.44. The van der Waals surface area contributed by atoms with Gasteiger partial charge in [-0.2, -0.15) is 15.0 Å². The van der Waals surface area contributed by atoms with Gasteiger partial charge in [-0.25, -0.2) is 4.98 Å². The van der Waals surface area contributed by atoms with Crippen LogP contribution in [0.15, 0.2) is 12.4 Å². The Morgan fingerprint density at radius 2 is 2.12 bits per heavy atom. The van der Waals surface area contributed by atoms with Crippen molar-refractivity contribution in [2.24, 2.45) is 0 Å². The number of anilines is 1. The average molecular weight is 234 g/mol. The number of hydrogen-bond donors (Lipinski definition) is 1. The number of aryl methyl sites for hydroxylation is 1. The SMILES string of the molecule is CCOc1nc(N)nc(-n2ccnc2CC)n1. The molecule has 0 fully saturated rings. The number of nitrogens with zero attached hydrogens (tertiary/aromatic N) is 5. The molecule has 2 aromatic rings. The summed E-state index contributed by atoms with van der Waals surface area (Å²) in [5, 5.41) is 0. The Morgan fingerprint density at radius 1 is 1.29 bits per heavy atom. The Hall–Kier alpha value is -2.18. The van der Waals surface area contributed by atoms with Gasteiger partial charge >= 0.3 is 6.01 Å². The molecular formula is C10H14N6O. The van der Waals surface area contributed by atoms with Crippen molar-refractivity contribution in [3.63, 3.8) is 0 Å². The second-order valence-electron chi connectivity index (χ2n) is 3.28. The summed E-state index contributed by atoms with van der Waals surface area (Å²) in [5.41, 5.74) is 5.61. The Bertz CT molecular complexity index is 509. The molecule has 0 amide bonds. The second-order valence-corrected chi connectivity index (χ2v) is 3.28. The van der Waals surface area contributed by atoms with E-state index in [1.807, 2.05) is 13.8 Å². The molecule has 7 nitrogen and oxygen atoms in total. The molecular weight excluding hydrogens is 220 g/mol. The van der Waals surface area contributed by atoms with Crippen LogP contribution < -0.4 is 10.5 Å². The summed E-state index contributed by atoms with van der Waals surface area (Å²) in [4.78, 5) is 16.3. The van der Waals surface area contributed by atoms with Gasteiger partial charge < -0.3 is 10.5 Å². The van der Waals surface area contributed by atoms with Crippen molar-refractivity contribution in [1.82, 2.24) is 24.5 Å². The van der Waals surface area contributed by atoms with Gasteiger partial charge in [-0.05, 0) is 6.92 Å². The Kier molecular flexibility index (Phi) is 3.17. The summed E-state index contributed by atoms with van der Waals surface area (Å²) < 4.78 is 6.99. The van der Waals surface area contributed by atoms with Gasteiger partial charge in [0.1, 0.15) is 5.82 Å². The fraction of sp³-hybridized carbons (Fsp3) is 0.400. The summed E-state index contributed by atoms with van der Waals surface area (Å²) in [7, 11) is 0. The normalized spacial score (nSPS) is 10.5. The van der Waals surface area contributed by atoms with Crippen LogP contribution >= 0.6 is 0 Å². The van der Waals surface area contributed by atoms with Gasteiger partial charge in [0, 0.05) is 18.8 Å². The topological polar surface area (TPSA) is 91.7 Å². The average Bonchev–Trinajstić information content (AvgIpc) is 2.76. The minimum atomic E-state index is 0.134. The first-order valence-corrected chi connectivity index (χ1v) is 5.41. The van der Waals surface area contributed by atoms with E-state index in [1.165, 1.54) is 0 Å². The molecule has 90 valence electrons. The molecule has 0 aromatic carbocycles. The summed E-state index contributed by atoms with van der Waals surface area (Å²) in [5.74, 6) is 1.42. The third-order valence-electron chi connectivity index (χ3n) is 2.14. The number of hydrogen-bond acceptors (Lipinski definition) is 6. The van der Waals surface area contributed by atoms with E-state index in [9.17, 15) is 0 Å². The van der Waals surface area contributed by atoms with E-state index < -0.39 is 0 Å². The van der Waals surface area contributed by atoms with E-state index in [4.69, 9.17) is 10.5 Å². The van der Waals surface area contributed by atoms with Gasteiger partial charge in [0.25, 0.3) is 0 Å². The molecule has 0 saturated heterocycles. The minimum Gasteiger partial charge on any atom is -0.464 e. The van der Waals surface area contributed by atoms with Gasteiger partial charge in [0.05, 0.1) is 6.61 Å². The summed E-state index contributed by atoms with van der Waals surface area (Å²) in [6.07, 6.45) is 4.26. The van der Waals surface area contributed by atoms with Crippen LogP contribution in [0.5, 0.6) is 6.01 Å². The van der Waals surface area contributed by atoms with Crippen molar-refractivity contribution in [3.8, 4) is 12.0 Å². The monoisotopic (exact) mass is 234 g/mol. The van der Waals surface area contributed by atoms with Crippen LogP contribution in [0.3, 0.4) is 0 Å². The van der Waals surface area contributed by atoms with Gasteiger partial charge in [-0.1, -0.05) is 6.92 Å². The summed E-state index contributed by atoms with van der Waals surface area (Å²) >= 11 is 0. The van der Waals surface area contributed by atoms with Crippen molar-refractivity contribution in [1.29, 1.82) is 0 Å². The highest BCUT2D eigenvalue weighted by molar-refractivity contribution is 5.26. The third kappa shape index (κ3) is 2.32. The maximum atomic E-state index is 5.61. The van der Waals surface area contributed by atoms with E-state index in [-0.39, 0.29) is 12.0 Å². The molecule has 0 radical (unpaired) electrons. The van der Waals surface area contributed by atoms with Crippen molar-refractivity contribution < 1.29 is 4.74 Å². The number of nitrogen functional groups attached to an aromatic ring is 1. The fourth-order valence-corrected chi connectivity index (χ4v) is 1.44. The summed E-state index contributed by atoms with van der Waals surface area (Å²) in [6.45, 7) is 4.34. The maximum Gasteiger partial charge on any atom is 0.323 e. The molecule has 0 saturated carbocycles. The standard InChI is InChI=1S/C10H14N6O/c1-3-7-12-5-6-16(7)9-13-8(11)14-10(15-9)17-4-2/h5-6H,3-4H2,1-2H3,(H2,11,13,14,15). The smallest absolute Gasteiger partial charge is 0.323 e. The van der Waals surface area contributed by atoms with Gasteiger partial charge in [-0.3, -0.25) is 4.57 Å². The Morgan fingerprint density at radius 3 is 2.82 bits per heavy atom. The lowest BCUT2D eigenvalue weighted by molar-refractivity contribution is 0.311. The molecule has 7 heteroatoms. The molecule has 2 aromatic heterocycles. The van der Waals surface area contributed by atoms with Gasteiger partial charge in [-0.15, -0.1) is 0 Å². The van der Waals surface area contributed by atoms with Crippen molar-refractivity contribution in [2.75, 3.05) is 12.3 Å². The van der Waals surface area contributed by atoms with E-state index >= 15 is 0 Å². The minimum absolute atomic E-state index is 0.134. The van der Waals surface area contributed by atoms with Crippen LogP contribution in [0.2, 0.25) is 0 Å². The molecule has 2 heterocycles. The van der Waals surface area contributed by atoms with E-state index in [2.05, 4.69) is 19.9 Å². The molecule has 2 N–H and O–H groups in total. The van der Waals surface area contributed by atoms with Gasteiger partial charge in [0.15, 0.2) is 0 Å². The summed E-state index contributed by atoms with van der Waals surface area (Å²) in [6, 6.07) is 0.228. The largest absolute Gasteiger partial charge is 0.464 e. The molecule has 0 atom stereocenters. The van der Waals surface area contributed by atoms with Crippen LogP contribution in [0.1, 0.15) is 19.7 Å². The van der Waals surface area contributed by atoms with Crippen LogP contribution in [0.25, 0.3) is 5.95 Å². The number of rotatable bonds is 4. The van der Waals surface area contributed by atoms with Crippen molar-refractivity contribution >= 4 is 5.95 Å². The highest BCUT2D eigenvalue weighted by atomic mass is 16.5. The molecule has 0 bridgehead atoms. The molecule has 0 aliphatic rings. The lowest BCUT2D eigenvalue weighted by Crippen LogP contribution is -2.10. The zero-order valence-electron chi connectivity index (χ0n) is 9.79. The zero-order valence-corrected chi connectivity index (χ0v) is 9.79. The Labute approximate surface area is 98.7 Å². The third-order valence-corrected chi connectivity index (χ3v) is 2.14. The lowest BCUT2D eigenvalue weighted by atomic mass is 10.4. The number of imidazole rings is 1. The van der Waals surface area contributed by atoms with E-state index in [0.29, 0.717) is 12.6 Å². The van der Waals surface area contributed by atoms with E-state index in [1.54, 1.807) is 17.0 Å². The van der Waals surface area contributed by atoms with Crippen LogP contribution in [0, 0.1) is 0 Å². The molecule has 17 heavy (non-hydrogen) atoms. The van der Waals surface area contributed by atoms with Gasteiger partial charge in [0.2, 0.25) is 11.9 Å². The first-order chi connectivity index (χ1) is 8.24. The van der Waals surface area contributed by atoms with Crippen molar-refractivity contribution in [3.05, 3.63) is 18.2 Å². The van der Waals surface area contributed by atoms with Crippen LogP contribution in [0.4, 0.5) is 5.95 Å². The van der Waals surface area contributed by atoms with Crippen molar-refractivity contribution in [2.45, 2.75) is 20.3 Å². The predicted octanol–water partition coefficient (Wildman–Crippen LogP) is 0.601. The first-order valence-electron chi connectivity index (χ1n) is 5.41. The molecule has 0 aliphatic carbocycles. The van der Waals surface area contributed by atoms with Crippen LogP contribution in [-0.2, 0) is 6.42 Å². The molecule has 2 rings (SSSR count). The van der Waals surface area contributed by atoms with E-state index in [0.717, 1.165) is 12.2 Å². The maximum absolute atomic E-state index is 5.61. The zero-order chi connectivity index (χ0) is 12.3. The quantitative estimate of drug-likeness (QED) is 0.832. The lowest BCUT2D eigenvalue weighted by Gasteiger charge is -2.07. The fourth-order valence-electron chi connectivity index (χ4n) is 1.44. The molecule has 0 unspecified atom stereocenters. The highest BCUT2D eigenvalue weighted by Gasteiger charge is 2.09. The highest BCUT2D eigenvalue weighted by Crippen LogP contribution is 2.11. The predicted molar refractivity (Wildman–Crippen MR) is 61.9 cm³/mol. The first kappa shape index (κ1) is 11.3. The van der Waals surface area contributed by atoms with Crippen LogP contribution in [-0.4, -0.2) is 31.1 Å². The number of aromatic nitrogens is 5. The molecule has 0 spiro atoms. The molecule has 0 aliphatic heterocycles. The number of nitrogens with two attached hydrogens (primary N) is 1. The number of ether oxygens (including phenoxy) is 1. The second kappa shape index (κ2) is 4.77.